The van der Waals surface area contributed by atoms with E-state index in [2.05, 4.69) is 30.9 Å². The van der Waals surface area contributed by atoms with Crippen LogP contribution in [0, 0.1) is 5.41 Å². The molecule has 2 amide bonds. The van der Waals surface area contributed by atoms with E-state index in [0.29, 0.717) is 18.5 Å². The summed E-state index contributed by atoms with van der Waals surface area (Å²) in [7, 11) is 0. The number of hydrogen-bond acceptors (Lipinski definition) is 11. The number of hydrogen-bond donors (Lipinski definition) is 4. The monoisotopic (exact) mass is 628 g/mol. The number of benzene rings is 1. The molecule has 0 saturated carbocycles. The highest BCUT2D eigenvalue weighted by Gasteiger charge is 2.25. The first-order valence-corrected chi connectivity index (χ1v) is 14.5. The number of carbonyl (C=O) groups excluding carboxylic acids is 4. The van der Waals surface area contributed by atoms with Crippen LogP contribution in [0.5, 0.6) is 5.88 Å². The lowest BCUT2D eigenvalue weighted by Gasteiger charge is -2.17. The van der Waals surface area contributed by atoms with Gasteiger partial charge in [-0.25, -0.2) is 9.78 Å². The third-order valence-electron chi connectivity index (χ3n) is 6.25. The van der Waals surface area contributed by atoms with Gasteiger partial charge in [0.1, 0.15) is 6.04 Å². The molecule has 1 atom stereocenters. The maximum absolute atomic E-state index is 12.9. The number of fused-ring (bicyclic) bond motifs is 1. The molecule has 0 unspecified atom stereocenters. The van der Waals surface area contributed by atoms with Crippen LogP contribution in [-0.4, -0.2) is 63.1 Å². The first-order chi connectivity index (χ1) is 20.8. The van der Waals surface area contributed by atoms with Crippen LogP contribution in [0.25, 0.3) is 11.0 Å². The van der Waals surface area contributed by atoms with Crippen molar-refractivity contribution in [1.82, 2.24) is 25.6 Å². The number of aromatic nitrogens is 3. The van der Waals surface area contributed by atoms with Gasteiger partial charge in [-0.3, -0.25) is 19.7 Å². The Kier molecular flexibility index (Phi) is 11.9. The van der Waals surface area contributed by atoms with Gasteiger partial charge in [-0.1, -0.05) is 38.4 Å². The first kappa shape index (κ1) is 34.1. The van der Waals surface area contributed by atoms with E-state index in [0.717, 1.165) is 11.1 Å². The molecular formula is C30H37ClN6O7. The van der Waals surface area contributed by atoms with Crippen LogP contribution in [0.3, 0.4) is 0 Å². The highest BCUT2D eigenvalue weighted by Crippen LogP contribution is 2.24. The fraction of sp³-hybridized carbons (Fsp3) is 0.433. The van der Waals surface area contributed by atoms with E-state index in [1.807, 2.05) is 0 Å². The Hall–Kier alpha value is -4.36. The van der Waals surface area contributed by atoms with Crippen molar-refractivity contribution in [1.29, 1.82) is 0 Å². The average Bonchev–Trinajstić information content (AvgIpc) is 2.95. The van der Waals surface area contributed by atoms with E-state index in [1.54, 1.807) is 65.1 Å². The van der Waals surface area contributed by atoms with Crippen LogP contribution in [0.15, 0.2) is 30.5 Å². The van der Waals surface area contributed by atoms with Gasteiger partial charge < -0.3 is 25.2 Å². The number of ether oxygens (including phenoxy) is 2. The minimum Gasteiger partial charge on any atom is -0.493 e. The van der Waals surface area contributed by atoms with Crippen LogP contribution in [-0.2, 0) is 36.9 Å². The zero-order valence-corrected chi connectivity index (χ0v) is 26.1. The van der Waals surface area contributed by atoms with E-state index < -0.39 is 29.3 Å². The third-order valence-corrected chi connectivity index (χ3v) is 6.56. The molecule has 44 heavy (non-hydrogen) atoms. The molecule has 13 nitrogen and oxygen atoms in total. The van der Waals surface area contributed by atoms with Gasteiger partial charge in [0.15, 0.2) is 5.65 Å². The second-order valence-corrected chi connectivity index (χ2v) is 11.2. The predicted molar refractivity (Wildman–Crippen MR) is 163 cm³/mol. The third kappa shape index (κ3) is 9.58. The van der Waals surface area contributed by atoms with Crippen molar-refractivity contribution in [2.24, 2.45) is 5.41 Å². The Morgan fingerprint density at radius 2 is 1.70 bits per heavy atom. The molecule has 0 bridgehead atoms. The largest absolute Gasteiger partial charge is 0.493 e. The summed E-state index contributed by atoms with van der Waals surface area (Å²) in [6, 6.07) is 5.55. The van der Waals surface area contributed by atoms with Crippen LogP contribution >= 0.6 is 11.6 Å². The zero-order valence-electron chi connectivity index (χ0n) is 25.3. The van der Waals surface area contributed by atoms with Crippen LogP contribution < -0.4 is 16.0 Å². The van der Waals surface area contributed by atoms with Gasteiger partial charge in [-0.2, -0.15) is 9.97 Å². The van der Waals surface area contributed by atoms with Crippen molar-refractivity contribution in [3.8, 4) is 5.88 Å². The molecular weight excluding hydrogens is 592 g/mol. The Bertz CT molecular complexity index is 1530. The lowest BCUT2D eigenvalue weighted by Crippen LogP contribution is -2.42. The number of nitrogens with one attached hydrogen (secondary N) is 3. The summed E-state index contributed by atoms with van der Waals surface area (Å²) in [4.78, 5) is 61.8. The Balaban J connectivity index is 1.61. The number of halogens is 1. The quantitative estimate of drug-likeness (QED) is 0.203. The van der Waals surface area contributed by atoms with Crippen LogP contribution in [0.2, 0.25) is 5.02 Å². The second-order valence-electron chi connectivity index (χ2n) is 10.8. The summed E-state index contributed by atoms with van der Waals surface area (Å²) in [6.45, 7) is 9.69. The average molecular weight is 629 g/mol. The van der Waals surface area contributed by atoms with E-state index in [1.165, 1.54) is 0 Å². The molecule has 0 fully saturated rings. The number of rotatable bonds is 13. The molecule has 0 saturated heterocycles. The Morgan fingerprint density at radius 1 is 1.00 bits per heavy atom. The number of esters is 2. The molecule has 3 aromatic rings. The van der Waals surface area contributed by atoms with Crippen molar-refractivity contribution in [2.45, 2.75) is 66.6 Å². The van der Waals surface area contributed by atoms with Crippen LogP contribution in [0.4, 0.5) is 5.95 Å². The Morgan fingerprint density at radius 3 is 2.36 bits per heavy atom. The molecule has 0 spiro atoms. The normalized spacial score (nSPS) is 12.0. The smallest absolute Gasteiger partial charge is 0.328 e. The fourth-order valence-corrected chi connectivity index (χ4v) is 4.20. The lowest BCUT2D eigenvalue weighted by molar-refractivity contribution is -0.146. The number of aromatic hydroxyl groups is 1. The van der Waals surface area contributed by atoms with Crippen LogP contribution in [0.1, 0.15) is 68.9 Å². The molecule has 0 radical (unpaired) electrons. The van der Waals surface area contributed by atoms with Gasteiger partial charge in [0.2, 0.25) is 17.7 Å². The van der Waals surface area contributed by atoms with Crippen molar-refractivity contribution in [2.75, 3.05) is 18.5 Å². The molecule has 0 aliphatic carbocycles. The number of nitrogens with zero attached hydrogens (tertiary/aromatic N) is 3. The van der Waals surface area contributed by atoms with Gasteiger partial charge in [-0.15, -0.1) is 0 Å². The molecule has 2 aromatic heterocycles. The van der Waals surface area contributed by atoms with Crippen molar-refractivity contribution >= 4 is 52.3 Å². The van der Waals surface area contributed by atoms with Crippen molar-refractivity contribution in [3.05, 3.63) is 52.2 Å². The minimum absolute atomic E-state index is 0.0193. The highest BCUT2D eigenvalue weighted by atomic mass is 35.5. The summed E-state index contributed by atoms with van der Waals surface area (Å²) in [5, 5.41) is 19.4. The van der Waals surface area contributed by atoms with Crippen molar-refractivity contribution in [3.63, 3.8) is 0 Å². The fourth-order valence-electron chi connectivity index (χ4n) is 3.91. The number of carbonyl (C=O) groups is 4. The van der Waals surface area contributed by atoms with E-state index in [9.17, 15) is 24.3 Å². The number of pyridine rings is 1. The standard InChI is InChI=1S/C30H37ClN6O7/c1-6-43-23(38)11-10-22(27(41)44-7-2)34-25(39)19-9-8-17(13-21(19)31)14-32-15-18-12-20-24(33-16-18)35-29(36-26(20)40)37-28(42)30(3,4)5/h8-9,12-13,16,22,32H,6-7,10-11,14-15H2,1-5H3,(H,34,39)(H2,33,35,36,37,40,42)/t22-/m0/s1. The van der Waals surface area contributed by atoms with Gasteiger partial charge in [0.25, 0.3) is 5.91 Å². The summed E-state index contributed by atoms with van der Waals surface area (Å²) in [5.41, 5.74) is 1.27. The molecule has 14 heteroatoms. The van der Waals surface area contributed by atoms with E-state index in [-0.39, 0.29) is 60.0 Å². The topological polar surface area (TPSA) is 182 Å². The van der Waals surface area contributed by atoms with Gasteiger partial charge >= 0.3 is 11.9 Å². The van der Waals surface area contributed by atoms with Gasteiger partial charge in [0.05, 0.1) is 29.2 Å². The number of amides is 2. The van der Waals surface area contributed by atoms with Gasteiger partial charge in [0, 0.05) is 31.1 Å². The predicted octanol–water partition coefficient (Wildman–Crippen LogP) is 3.66. The summed E-state index contributed by atoms with van der Waals surface area (Å²) in [6.07, 6.45) is 1.55. The summed E-state index contributed by atoms with van der Waals surface area (Å²) < 4.78 is 9.94. The Labute approximate surface area is 260 Å². The maximum Gasteiger partial charge on any atom is 0.328 e. The molecule has 3 rings (SSSR count). The minimum atomic E-state index is -1.04. The van der Waals surface area contributed by atoms with E-state index in [4.69, 9.17) is 21.1 Å². The summed E-state index contributed by atoms with van der Waals surface area (Å²) >= 11 is 6.41. The maximum atomic E-state index is 12.9. The number of anilines is 1. The second kappa shape index (κ2) is 15.4. The molecule has 236 valence electrons. The molecule has 4 N–H and O–H groups in total. The molecule has 2 heterocycles. The van der Waals surface area contributed by atoms with E-state index >= 15 is 0 Å². The highest BCUT2D eigenvalue weighted by molar-refractivity contribution is 6.34. The molecule has 1 aromatic carbocycles. The SMILES string of the molecule is CCOC(=O)CC[C@H](NC(=O)c1ccc(CNCc2cnc3nc(NC(=O)C(C)(C)C)nc(O)c3c2)cc1Cl)C(=O)OCC. The lowest BCUT2D eigenvalue weighted by atomic mass is 9.96. The first-order valence-electron chi connectivity index (χ1n) is 14.1. The summed E-state index contributed by atoms with van der Waals surface area (Å²) in [5.74, 6) is -2.35. The van der Waals surface area contributed by atoms with Crippen molar-refractivity contribution < 1.29 is 33.8 Å². The molecule has 0 aliphatic rings. The molecule has 0 aliphatic heterocycles. The zero-order chi connectivity index (χ0) is 32.4. The van der Waals surface area contributed by atoms with Gasteiger partial charge in [-0.05, 0) is 49.6 Å².